The number of pyridine rings is 1. The van der Waals surface area contributed by atoms with E-state index in [1.807, 2.05) is 43.3 Å². The molecule has 0 bridgehead atoms. The van der Waals surface area contributed by atoms with Gasteiger partial charge < -0.3 is 14.6 Å². The van der Waals surface area contributed by atoms with Crippen LogP contribution >= 0.6 is 11.8 Å². The van der Waals surface area contributed by atoms with E-state index in [-0.39, 0.29) is 5.56 Å². The Labute approximate surface area is 208 Å². The van der Waals surface area contributed by atoms with Crippen LogP contribution in [0.25, 0.3) is 5.65 Å². The van der Waals surface area contributed by atoms with Crippen molar-refractivity contribution < 1.29 is 4.74 Å². The van der Waals surface area contributed by atoms with Crippen molar-refractivity contribution >= 4 is 23.1 Å². The van der Waals surface area contributed by atoms with Gasteiger partial charge in [-0.25, -0.2) is 4.98 Å². The van der Waals surface area contributed by atoms with Gasteiger partial charge in [0.15, 0.2) is 11.0 Å². The fourth-order valence-electron chi connectivity index (χ4n) is 4.61. The summed E-state index contributed by atoms with van der Waals surface area (Å²) in [5.41, 5.74) is 3.41. The first-order valence-corrected chi connectivity index (χ1v) is 13.0. The minimum Gasteiger partial charge on any atom is -0.497 e. The van der Waals surface area contributed by atoms with E-state index < -0.39 is 0 Å². The van der Waals surface area contributed by atoms with E-state index >= 15 is 0 Å². The van der Waals surface area contributed by atoms with Crippen LogP contribution in [-0.2, 0) is 12.3 Å². The van der Waals surface area contributed by atoms with Crippen molar-refractivity contribution in [1.82, 2.24) is 24.1 Å². The number of anilines is 1. The number of fused-ring (bicyclic) bond motifs is 1. The van der Waals surface area contributed by atoms with Crippen molar-refractivity contribution in [2.45, 2.75) is 62.5 Å². The highest BCUT2D eigenvalue weighted by atomic mass is 32.2. The predicted molar refractivity (Wildman–Crippen MR) is 138 cm³/mol. The third-order valence-corrected chi connectivity index (χ3v) is 7.40. The summed E-state index contributed by atoms with van der Waals surface area (Å²) < 4.78 is 9.22. The second kappa shape index (κ2) is 10.5. The molecule has 0 aliphatic heterocycles. The second-order valence-corrected chi connectivity index (χ2v) is 9.90. The molecule has 0 spiro atoms. The Morgan fingerprint density at radius 1 is 1.11 bits per heavy atom. The number of methoxy groups -OCH3 is 1. The molecule has 1 aromatic carbocycles. The van der Waals surface area contributed by atoms with Gasteiger partial charge in [-0.15, -0.1) is 10.2 Å². The summed E-state index contributed by atoms with van der Waals surface area (Å²) >= 11 is 1.59. The quantitative estimate of drug-likeness (QED) is 0.347. The average Bonchev–Trinajstić information content (AvgIpc) is 3.29. The summed E-state index contributed by atoms with van der Waals surface area (Å²) in [6.45, 7) is 2.58. The summed E-state index contributed by atoms with van der Waals surface area (Å²) in [5, 5.41) is 13.5. The first-order chi connectivity index (χ1) is 17.1. The van der Waals surface area contributed by atoms with E-state index in [1.165, 1.54) is 19.3 Å². The third kappa shape index (κ3) is 5.35. The van der Waals surface area contributed by atoms with Crippen LogP contribution in [0.15, 0.2) is 58.6 Å². The summed E-state index contributed by atoms with van der Waals surface area (Å²) in [5.74, 6) is 2.30. The first-order valence-electron chi connectivity index (χ1n) is 12.0. The lowest BCUT2D eigenvalue weighted by Crippen LogP contribution is -2.18. The SMILES string of the molecule is COc1cccc(NCc2nnc(SCc3cc(=O)n4ccc(C)cc4n3)n2C2CCCCC2)c1. The zero-order valence-electron chi connectivity index (χ0n) is 20.1. The molecule has 1 aliphatic carbocycles. The monoisotopic (exact) mass is 490 g/mol. The number of rotatable bonds is 8. The maximum atomic E-state index is 12.6. The van der Waals surface area contributed by atoms with Crippen molar-refractivity contribution in [2.75, 3.05) is 12.4 Å². The molecule has 8 nitrogen and oxygen atoms in total. The van der Waals surface area contributed by atoms with Crippen LogP contribution in [0.3, 0.4) is 0 Å². The third-order valence-electron chi connectivity index (χ3n) is 6.42. The highest BCUT2D eigenvalue weighted by Gasteiger charge is 2.23. The van der Waals surface area contributed by atoms with E-state index in [0.29, 0.717) is 24.0 Å². The van der Waals surface area contributed by atoms with Gasteiger partial charge in [0, 0.05) is 35.8 Å². The number of nitrogens with one attached hydrogen (secondary N) is 1. The van der Waals surface area contributed by atoms with Gasteiger partial charge in [0.2, 0.25) is 0 Å². The van der Waals surface area contributed by atoms with Gasteiger partial charge in [-0.2, -0.15) is 0 Å². The molecule has 0 atom stereocenters. The molecule has 1 aliphatic rings. The molecule has 182 valence electrons. The molecule has 0 unspecified atom stereocenters. The molecule has 1 fully saturated rings. The lowest BCUT2D eigenvalue weighted by molar-refractivity contribution is 0.330. The topological polar surface area (TPSA) is 86.3 Å². The lowest BCUT2D eigenvalue weighted by Gasteiger charge is -2.25. The minimum atomic E-state index is -0.0671. The van der Waals surface area contributed by atoms with Crippen LogP contribution in [0.2, 0.25) is 0 Å². The van der Waals surface area contributed by atoms with Crippen LogP contribution < -0.4 is 15.6 Å². The van der Waals surface area contributed by atoms with E-state index in [9.17, 15) is 4.79 Å². The zero-order valence-corrected chi connectivity index (χ0v) is 20.9. The Balaban J connectivity index is 1.37. The molecule has 9 heteroatoms. The van der Waals surface area contributed by atoms with E-state index in [1.54, 1.807) is 35.5 Å². The molecule has 0 saturated heterocycles. The predicted octanol–water partition coefficient (Wildman–Crippen LogP) is 5.01. The van der Waals surface area contributed by atoms with E-state index in [4.69, 9.17) is 9.72 Å². The Morgan fingerprint density at radius 3 is 2.80 bits per heavy atom. The molecular formula is C26H30N6O2S. The largest absolute Gasteiger partial charge is 0.497 e. The maximum Gasteiger partial charge on any atom is 0.258 e. The number of aryl methyl sites for hydroxylation is 1. The average molecular weight is 491 g/mol. The Kier molecular flexibility index (Phi) is 7.03. The summed E-state index contributed by atoms with van der Waals surface area (Å²) in [6, 6.07) is 13.7. The van der Waals surface area contributed by atoms with Crippen molar-refractivity contribution in [2.24, 2.45) is 0 Å². The molecule has 4 aromatic rings. The number of thioether (sulfide) groups is 1. The fourth-order valence-corrected chi connectivity index (χ4v) is 5.53. The zero-order chi connectivity index (χ0) is 24.2. The summed E-state index contributed by atoms with van der Waals surface area (Å²) in [6.07, 6.45) is 7.76. The molecule has 1 N–H and O–H groups in total. The number of ether oxygens (including phenoxy) is 1. The van der Waals surface area contributed by atoms with Gasteiger partial charge in [-0.05, 0) is 49.6 Å². The van der Waals surface area contributed by atoms with Gasteiger partial charge in [0.25, 0.3) is 5.56 Å². The highest BCUT2D eigenvalue weighted by molar-refractivity contribution is 7.98. The molecule has 3 heterocycles. The van der Waals surface area contributed by atoms with Crippen LogP contribution in [0, 0.1) is 6.92 Å². The summed E-state index contributed by atoms with van der Waals surface area (Å²) in [7, 11) is 1.67. The standard InChI is InChI=1S/C26H30N6O2S/c1-18-11-12-31-23(13-18)28-20(15-25(31)33)17-35-26-30-29-24(32(26)21-8-4-3-5-9-21)16-27-19-7-6-10-22(14-19)34-2/h6-7,10-15,21,27H,3-5,8-9,16-17H2,1-2H3. The number of hydrogen-bond acceptors (Lipinski definition) is 7. The maximum absolute atomic E-state index is 12.6. The first kappa shape index (κ1) is 23.4. The van der Waals surface area contributed by atoms with Crippen LogP contribution in [0.4, 0.5) is 5.69 Å². The Bertz CT molecular complexity index is 1380. The Hall–Kier alpha value is -3.33. The highest BCUT2D eigenvalue weighted by Crippen LogP contribution is 2.33. The molecule has 0 amide bonds. The van der Waals surface area contributed by atoms with Crippen molar-refractivity contribution in [3.63, 3.8) is 0 Å². The molecular weight excluding hydrogens is 460 g/mol. The van der Waals surface area contributed by atoms with Crippen LogP contribution in [0.5, 0.6) is 5.75 Å². The van der Waals surface area contributed by atoms with E-state index in [0.717, 1.165) is 46.5 Å². The molecule has 3 aromatic heterocycles. The molecule has 35 heavy (non-hydrogen) atoms. The van der Waals surface area contributed by atoms with Gasteiger partial charge in [-0.3, -0.25) is 9.20 Å². The molecule has 5 rings (SSSR count). The molecule has 1 saturated carbocycles. The lowest BCUT2D eigenvalue weighted by atomic mass is 9.95. The normalized spacial score (nSPS) is 14.3. The molecule has 0 radical (unpaired) electrons. The van der Waals surface area contributed by atoms with Crippen molar-refractivity contribution in [1.29, 1.82) is 0 Å². The van der Waals surface area contributed by atoms with Gasteiger partial charge in [-0.1, -0.05) is 37.1 Å². The van der Waals surface area contributed by atoms with E-state index in [2.05, 4.69) is 20.1 Å². The Morgan fingerprint density at radius 2 is 1.97 bits per heavy atom. The number of hydrogen-bond donors (Lipinski definition) is 1. The number of aromatic nitrogens is 5. The number of benzene rings is 1. The van der Waals surface area contributed by atoms with Crippen LogP contribution in [0.1, 0.15) is 55.2 Å². The van der Waals surface area contributed by atoms with Crippen molar-refractivity contribution in [3.8, 4) is 5.75 Å². The van der Waals surface area contributed by atoms with Crippen LogP contribution in [-0.4, -0.2) is 31.3 Å². The minimum absolute atomic E-state index is 0.0671. The summed E-state index contributed by atoms with van der Waals surface area (Å²) in [4.78, 5) is 17.3. The smallest absolute Gasteiger partial charge is 0.258 e. The van der Waals surface area contributed by atoms with Gasteiger partial charge in [0.1, 0.15) is 11.4 Å². The van der Waals surface area contributed by atoms with Crippen molar-refractivity contribution in [3.05, 3.63) is 76.1 Å². The fraction of sp³-hybridized carbons (Fsp3) is 0.385. The second-order valence-electron chi connectivity index (χ2n) is 8.95. The van der Waals surface area contributed by atoms with Gasteiger partial charge in [0.05, 0.1) is 19.3 Å². The number of nitrogens with zero attached hydrogens (tertiary/aromatic N) is 5. The van der Waals surface area contributed by atoms with Gasteiger partial charge >= 0.3 is 0 Å².